The van der Waals surface area contributed by atoms with Crippen molar-refractivity contribution in [1.82, 2.24) is 5.32 Å². The first kappa shape index (κ1) is 13.5. The molecule has 1 aromatic rings. The second-order valence-corrected chi connectivity index (χ2v) is 4.95. The maximum atomic E-state index is 11.9. The van der Waals surface area contributed by atoms with E-state index in [1.54, 1.807) is 16.8 Å². The number of carboxylic acids is 1. The van der Waals surface area contributed by atoms with E-state index in [9.17, 15) is 14.7 Å². The number of hydrogen-bond donors (Lipinski definition) is 1. The van der Waals surface area contributed by atoms with Crippen molar-refractivity contribution < 1.29 is 19.3 Å². The van der Waals surface area contributed by atoms with E-state index in [1.165, 1.54) is 18.7 Å². The fourth-order valence-electron chi connectivity index (χ4n) is 2.43. The van der Waals surface area contributed by atoms with E-state index in [2.05, 4.69) is 5.32 Å². The molecule has 102 valence electrons. The molecule has 1 heterocycles. The average molecular weight is 262 g/mol. The van der Waals surface area contributed by atoms with E-state index in [0.29, 0.717) is 0 Å². The number of aromatic carboxylic acids is 1. The lowest BCUT2D eigenvalue weighted by molar-refractivity contribution is -0.684. The van der Waals surface area contributed by atoms with Crippen LogP contribution in [0, 0.1) is 0 Å². The van der Waals surface area contributed by atoms with Crippen LogP contribution < -0.4 is 15.0 Å². The predicted molar refractivity (Wildman–Crippen MR) is 66.0 cm³/mol. The van der Waals surface area contributed by atoms with E-state index >= 15 is 0 Å². The lowest BCUT2D eigenvalue weighted by atomic mass is 9.95. The van der Waals surface area contributed by atoms with Crippen LogP contribution in [0.5, 0.6) is 0 Å². The quantitative estimate of drug-likeness (QED) is 0.763. The highest BCUT2D eigenvalue weighted by Crippen LogP contribution is 2.17. The maximum absolute atomic E-state index is 11.9. The van der Waals surface area contributed by atoms with Crippen molar-refractivity contribution in [2.24, 2.45) is 0 Å². The molecule has 1 aliphatic carbocycles. The number of nitrogens with zero attached hydrogens (tertiary/aromatic N) is 1. The molecule has 0 aromatic carbocycles. The van der Waals surface area contributed by atoms with Crippen LogP contribution >= 0.6 is 0 Å². The Balaban J connectivity index is 1.90. The fourth-order valence-corrected chi connectivity index (χ4v) is 2.43. The highest BCUT2D eigenvalue weighted by atomic mass is 16.4. The van der Waals surface area contributed by atoms with Gasteiger partial charge in [-0.2, -0.15) is 4.57 Å². The molecule has 0 radical (unpaired) electrons. The molecule has 0 bridgehead atoms. The van der Waals surface area contributed by atoms with E-state index in [4.69, 9.17) is 0 Å². The molecule has 0 saturated heterocycles. The summed E-state index contributed by atoms with van der Waals surface area (Å²) >= 11 is 0. The molecule has 1 aliphatic rings. The first-order chi connectivity index (χ1) is 9.15. The lowest BCUT2D eigenvalue weighted by Gasteiger charge is -2.21. The summed E-state index contributed by atoms with van der Waals surface area (Å²) in [7, 11) is 0. The van der Waals surface area contributed by atoms with Crippen LogP contribution in [0.15, 0.2) is 24.5 Å². The number of carbonyl (C=O) groups is 2. The second-order valence-electron chi connectivity index (χ2n) is 4.95. The summed E-state index contributed by atoms with van der Waals surface area (Å²) in [6.45, 7) is 0.137. The number of amides is 1. The van der Waals surface area contributed by atoms with Gasteiger partial charge in [0.1, 0.15) is 0 Å². The van der Waals surface area contributed by atoms with Gasteiger partial charge in [0.15, 0.2) is 12.4 Å². The molecule has 0 aliphatic heterocycles. The Kier molecular flexibility index (Phi) is 4.49. The van der Waals surface area contributed by atoms with Gasteiger partial charge >= 0.3 is 0 Å². The minimum absolute atomic E-state index is 0.0765. The number of nitrogens with one attached hydrogen (secondary N) is 1. The summed E-state index contributed by atoms with van der Waals surface area (Å²) in [5, 5.41) is 13.7. The first-order valence-corrected chi connectivity index (χ1v) is 6.65. The Morgan fingerprint density at radius 1 is 1.32 bits per heavy atom. The number of rotatable bonds is 4. The van der Waals surface area contributed by atoms with Crippen molar-refractivity contribution in [2.75, 3.05) is 0 Å². The second kappa shape index (κ2) is 6.31. The summed E-state index contributed by atoms with van der Waals surface area (Å²) < 4.78 is 1.56. The molecule has 1 aromatic heterocycles. The largest absolute Gasteiger partial charge is 0.545 e. The van der Waals surface area contributed by atoms with Crippen molar-refractivity contribution >= 4 is 11.9 Å². The van der Waals surface area contributed by atoms with E-state index in [1.807, 2.05) is 0 Å². The van der Waals surface area contributed by atoms with Crippen LogP contribution in [0.1, 0.15) is 42.5 Å². The van der Waals surface area contributed by atoms with Crippen molar-refractivity contribution in [3.63, 3.8) is 0 Å². The topological polar surface area (TPSA) is 73.1 Å². The van der Waals surface area contributed by atoms with Crippen LogP contribution in [0.25, 0.3) is 0 Å². The number of hydrogen-bond acceptors (Lipinski definition) is 3. The zero-order chi connectivity index (χ0) is 13.7. The Labute approximate surface area is 112 Å². The fraction of sp³-hybridized carbons (Fsp3) is 0.500. The molecule has 1 amide bonds. The van der Waals surface area contributed by atoms with Gasteiger partial charge in [-0.3, -0.25) is 4.79 Å². The molecule has 19 heavy (non-hydrogen) atoms. The highest BCUT2D eigenvalue weighted by molar-refractivity contribution is 5.84. The van der Waals surface area contributed by atoms with E-state index in [0.717, 1.165) is 25.7 Å². The average Bonchev–Trinajstić information content (AvgIpc) is 2.40. The minimum atomic E-state index is -1.23. The van der Waals surface area contributed by atoms with E-state index in [-0.39, 0.29) is 24.1 Å². The number of aromatic nitrogens is 1. The monoisotopic (exact) mass is 262 g/mol. The SMILES string of the molecule is O=C(C[n+]1cccc(C(=O)[O-])c1)NC1CCCCC1. The number of carbonyl (C=O) groups excluding carboxylic acids is 2. The van der Waals surface area contributed by atoms with Gasteiger partial charge in [0.25, 0.3) is 5.91 Å². The zero-order valence-electron chi connectivity index (χ0n) is 10.8. The standard InChI is InChI=1S/C14H18N2O3/c17-13(15-12-6-2-1-3-7-12)10-16-8-4-5-11(9-16)14(18)19/h4-5,8-9,12H,1-3,6-7,10H2,(H-,15,17,18,19). The minimum Gasteiger partial charge on any atom is -0.545 e. The molecule has 5 nitrogen and oxygen atoms in total. The summed E-state index contributed by atoms with van der Waals surface area (Å²) in [6, 6.07) is 3.32. The number of pyridine rings is 1. The van der Waals surface area contributed by atoms with Crippen molar-refractivity contribution in [1.29, 1.82) is 0 Å². The molecule has 1 fully saturated rings. The molecule has 2 rings (SSSR count). The molecule has 5 heteroatoms. The van der Waals surface area contributed by atoms with Gasteiger partial charge < -0.3 is 15.2 Å². The van der Waals surface area contributed by atoms with Gasteiger partial charge in [0.2, 0.25) is 6.54 Å². The Hall–Kier alpha value is -1.91. The third-order valence-corrected chi connectivity index (χ3v) is 3.39. The molecule has 0 spiro atoms. The van der Waals surface area contributed by atoms with Gasteiger partial charge in [-0.15, -0.1) is 0 Å². The van der Waals surface area contributed by atoms with Gasteiger partial charge in [-0.25, -0.2) is 0 Å². The zero-order valence-corrected chi connectivity index (χ0v) is 10.8. The van der Waals surface area contributed by atoms with Crippen LogP contribution in [-0.4, -0.2) is 17.9 Å². The van der Waals surface area contributed by atoms with E-state index < -0.39 is 5.97 Å². The van der Waals surface area contributed by atoms with Crippen molar-refractivity contribution in [3.05, 3.63) is 30.1 Å². The third kappa shape index (κ3) is 4.05. The predicted octanol–water partition coefficient (Wildman–Crippen LogP) is -0.214. The highest BCUT2D eigenvalue weighted by Gasteiger charge is 2.18. The first-order valence-electron chi connectivity index (χ1n) is 6.65. The summed E-state index contributed by atoms with van der Waals surface area (Å²) in [5.41, 5.74) is 0.0768. The van der Waals surface area contributed by atoms with Gasteiger partial charge in [0.05, 0.1) is 11.5 Å². The van der Waals surface area contributed by atoms with Gasteiger partial charge in [-0.1, -0.05) is 19.3 Å². The van der Waals surface area contributed by atoms with Gasteiger partial charge in [0, 0.05) is 12.1 Å². The van der Waals surface area contributed by atoms with Crippen LogP contribution in [0.3, 0.4) is 0 Å². The van der Waals surface area contributed by atoms with Crippen molar-refractivity contribution in [2.45, 2.75) is 44.7 Å². The molecular weight excluding hydrogens is 244 g/mol. The molecule has 1 saturated carbocycles. The molecular formula is C14H18N2O3. The number of carboxylic acid groups (broad SMARTS) is 1. The summed E-state index contributed by atoms with van der Waals surface area (Å²) in [6.07, 6.45) is 8.74. The molecule has 1 N–H and O–H groups in total. The normalized spacial score (nSPS) is 16.0. The third-order valence-electron chi connectivity index (χ3n) is 3.39. The molecule has 0 unspecified atom stereocenters. The lowest BCUT2D eigenvalue weighted by Crippen LogP contribution is -2.46. The summed E-state index contributed by atoms with van der Waals surface area (Å²) in [4.78, 5) is 22.6. The van der Waals surface area contributed by atoms with Crippen LogP contribution in [-0.2, 0) is 11.3 Å². The summed E-state index contributed by atoms with van der Waals surface area (Å²) in [5.74, 6) is -1.31. The van der Waals surface area contributed by atoms with Crippen LogP contribution in [0.4, 0.5) is 0 Å². The Morgan fingerprint density at radius 2 is 2.05 bits per heavy atom. The Bertz CT molecular complexity index is 468. The van der Waals surface area contributed by atoms with Crippen molar-refractivity contribution in [3.8, 4) is 0 Å². The maximum Gasteiger partial charge on any atom is 0.286 e. The smallest absolute Gasteiger partial charge is 0.286 e. The van der Waals surface area contributed by atoms with Crippen LogP contribution in [0.2, 0.25) is 0 Å². The van der Waals surface area contributed by atoms with Gasteiger partial charge in [-0.05, 0) is 18.9 Å². The Morgan fingerprint density at radius 3 is 2.74 bits per heavy atom. The molecule has 0 atom stereocenters.